The smallest absolute Gasteiger partial charge is 0.410 e. The van der Waals surface area contributed by atoms with E-state index in [1.807, 2.05) is 32.9 Å². The molecule has 0 unspecified atom stereocenters. The summed E-state index contributed by atoms with van der Waals surface area (Å²) in [5.41, 5.74) is 1.58. The monoisotopic (exact) mass is 433 g/mol. The molecule has 2 aromatic rings. The molecule has 160 valence electrons. The Kier molecular flexibility index (Phi) is 5.78. The Labute approximate surface area is 180 Å². The van der Waals surface area contributed by atoms with Gasteiger partial charge in [-0.3, -0.25) is 4.79 Å². The van der Waals surface area contributed by atoms with E-state index in [9.17, 15) is 14.0 Å². The van der Waals surface area contributed by atoms with E-state index in [0.29, 0.717) is 18.8 Å². The second-order valence-electron chi connectivity index (χ2n) is 9.04. The second-order valence-corrected chi connectivity index (χ2v) is 9.40. The van der Waals surface area contributed by atoms with Crippen LogP contribution in [0.2, 0.25) is 5.15 Å². The summed E-state index contributed by atoms with van der Waals surface area (Å²) in [6, 6.07) is 6.56. The van der Waals surface area contributed by atoms with Crippen LogP contribution in [0.4, 0.5) is 14.9 Å². The number of rotatable bonds is 2. The molecule has 0 atom stereocenters. The lowest BCUT2D eigenvalue weighted by atomic mass is 9.78. The summed E-state index contributed by atoms with van der Waals surface area (Å²) in [6.07, 6.45) is 0.569. The lowest BCUT2D eigenvalue weighted by Crippen LogP contribution is -2.46. The minimum Gasteiger partial charge on any atom is -0.444 e. The number of halogens is 2. The fourth-order valence-corrected chi connectivity index (χ4v) is 3.71. The van der Waals surface area contributed by atoms with Crippen LogP contribution in [0, 0.1) is 5.82 Å². The number of nitrogens with one attached hydrogen (secondary N) is 1. The highest BCUT2D eigenvalue weighted by atomic mass is 35.5. The molecule has 0 radical (unpaired) electrons. The molecular formula is C22H25ClFN3O3. The number of aromatic nitrogens is 1. The lowest BCUT2D eigenvalue weighted by molar-refractivity contribution is 0.0174. The summed E-state index contributed by atoms with van der Waals surface area (Å²) < 4.78 is 19.0. The van der Waals surface area contributed by atoms with E-state index in [1.54, 1.807) is 11.0 Å². The van der Waals surface area contributed by atoms with E-state index in [-0.39, 0.29) is 22.2 Å². The van der Waals surface area contributed by atoms with E-state index in [0.717, 1.165) is 23.4 Å². The summed E-state index contributed by atoms with van der Waals surface area (Å²) in [6.45, 7) is 10.5. The Morgan fingerprint density at radius 3 is 2.63 bits per heavy atom. The summed E-state index contributed by atoms with van der Waals surface area (Å²) in [5, 5.41) is 2.64. The lowest BCUT2D eigenvalue weighted by Gasteiger charge is -2.40. The van der Waals surface area contributed by atoms with E-state index in [4.69, 9.17) is 16.3 Å². The van der Waals surface area contributed by atoms with Crippen LogP contribution in [0.3, 0.4) is 0 Å². The molecule has 6 nitrogen and oxygen atoms in total. The molecule has 1 aromatic carbocycles. The van der Waals surface area contributed by atoms with Crippen LogP contribution in [0.1, 0.15) is 56.1 Å². The molecule has 2 heterocycles. The molecule has 0 aliphatic carbocycles. The van der Waals surface area contributed by atoms with Gasteiger partial charge in [-0.25, -0.2) is 14.2 Å². The topological polar surface area (TPSA) is 71.5 Å². The summed E-state index contributed by atoms with van der Waals surface area (Å²) in [5.74, 6) is -1.21. The molecule has 0 saturated carbocycles. The van der Waals surface area contributed by atoms with Gasteiger partial charge in [0.15, 0.2) is 0 Å². The quantitative estimate of drug-likeness (QED) is 0.664. The van der Waals surface area contributed by atoms with Gasteiger partial charge in [-0.2, -0.15) is 0 Å². The molecule has 2 amide bonds. The summed E-state index contributed by atoms with van der Waals surface area (Å²) >= 11 is 5.92. The Bertz CT molecular complexity index is 1000. The summed E-state index contributed by atoms with van der Waals surface area (Å²) in [4.78, 5) is 30.5. The Balaban J connectivity index is 1.85. The number of amides is 2. The molecule has 0 bridgehead atoms. The number of carbonyl (C=O) groups excluding carboxylic acids is 2. The minimum absolute atomic E-state index is 0.0508. The Morgan fingerprint density at radius 1 is 1.27 bits per heavy atom. The number of benzene rings is 1. The van der Waals surface area contributed by atoms with Gasteiger partial charge in [0.05, 0.1) is 11.8 Å². The number of nitrogens with zero attached hydrogens (tertiary/aromatic N) is 2. The number of ether oxygens (including phenoxy) is 1. The third-order valence-electron chi connectivity index (χ3n) is 4.74. The standard InChI is InChI=1S/C22H25ClFN3O3/c1-21(2,3)30-20(29)27-11-13-8-15(6-7-17(13)22(4,5)12-27)26-19(28)16-9-14(24)10-25-18(16)23/h6-10H,11-12H2,1-5H3,(H,26,28). The first-order valence-electron chi connectivity index (χ1n) is 9.59. The maximum absolute atomic E-state index is 13.4. The van der Waals surface area contributed by atoms with Crippen molar-refractivity contribution in [2.24, 2.45) is 0 Å². The van der Waals surface area contributed by atoms with Crippen molar-refractivity contribution < 1.29 is 18.7 Å². The maximum atomic E-state index is 13.4. The highest BCUT2D eigenvalue weighted by Crippen LogP contribution is 2.35. The molecule has 3 rings (SSSR count). The predicted molar refractivity (Wildman–Crippen MR) is 113 cm³/mol. The third-order valence-corrected chi connectivity index (χ3v) is 5.04. The first-order valence-corrected chi connectivity index (χ1v) is 9.97. The zero-order valence-corrected chi connectivity index (χ0v) is 18.4. The number of hydrogen-bond donors (Lipinski definition) is 1. The van der Waals surface area contributed by atoms with Crippen molar-refractivity contribution in [1.29, 1.82) is 0 Å². The van der Waals surface area contributed by atoms with Crippen molar-refractivity contribution in [3.05, 3.63) is 58.1 Å². The van der Waals surface area contributed by atoms with Gasteiger partial charge in [0.25, 0.3) is 5.91 Å². The maximum Gasteiger partial charge on any atom is 0.410 e. The van der Waals surface area contributed by atoms with Gasteiger partial charge in [0.1, 0.15) is 16.6 Å². The number of hydrogen-bond acceptors (Lipinski definition) is 4. The van der Waals surface area contributed by atoms with Crippen LogP contribution in [0.25, 0.3) is 0 Å². The molecule has 0 spiro atoms. The van der Waals surface area contributed by atoms with Crippen molar-refractivity contribution in [2.45, 2.75) is 52.2 Å². The van der Waals surface area contributed by atoms with Gasteiger partial charge in [-0.15, -0.1) is 0 Å². The average molecular weight is 434 g/mol. The van der Waals surface area contributed by atoms with Gasteiger partial charge in [-0.05, 0) is 50.1 Å². The van der Waals surface area contributed by atoms with Gasteiger partial charge in [0, 0.05) is 24.2 Å². The molecule has 1 aromatic heterocycles. The molecule has 1 aliphatic heterocycles. The SMILES string of the molecule is CC(C)(C)OC(=O)N1Cc2cc(NC(=O)c3cc(F)cnc3Cl)ccc2C(C)(C)C1. The molecule has 30 heavy (non-hydrogen) atoms. The molecule has 8 heteroatoms. The van der Waals surface area contributed by atoms with Crippen LogP contribution in [-0.2, 0) is 16.7 Å². The zero-order valence-electron chi connectivity index (χ0n) is 17.7. The number of carbonyl (C=O) groups is 2. The van der Waals surface area contributed by atoms with E-state index < -0.39 is 17.3 Å². The van der Waals surface area contributed by atoms with Crippen LogP contribution >= 0.6 is 11.6 Å². The van der Waals surface area contributed by atoms with Crippen LogP contribution < -0.4 is 5.32 Å². The highest BCUT2D eigenvalue weighted by molar-refractivity contribution is 6.33. The molecule has 0 fully saturated rings. The van der Waals surface area contributed by atoms with Crippen LogP contribution in [0.15, 0.2) is 30.5 Å². The van der Waals surface area contributed by atoms with Gasteiger partial charge in [0.2, 0.25) is 0 Å². The van der Waals surface area contributed by atoms with E-state index >= 15 is 0 Å². The second kappa shape index (κ2) is 7.87. The molecular weight excluding hydrogens is 409 g/mol. The van der Waals surface area contributed by atoms with Crippen molar-refractivity contribution in [3.8, 4) is 0 Å². The van der Waals surface area contributed by atoms with E-state index in [2.05, 4.69) is 24.1 Å². The molecule has 0 saturated heterocycles. The van der Waals surface area contributed by atoms with Crippen LogP contribution in [-0.4, -0.2) is 34.0 Å². The van der Waals surface area contributed by atoms with Crippen molar-refractivity contribution in [1.82, 2.24) is 9.88 Å². The number of fused-ring (bicyclic) bond motifs is 1. The van der Waals surface area contributed by atoms with Crippen LogP contribution in [0.5, 0.6) is 0 Å². The Hall–Kier alpha value is -2.67. The fourth-order valence-electron chi connectivity index (χ4n) is 3.52. The third kappa shape index (κ3) is 4.90. The fraction of sp³-hybridized carbons (Fsp3) is 0.409. The first-order chi connectivity index (χ1) is 13.9. The van der Waals surface area contributed by atoms with Gasteiger partial charge >= 0.3 is 6.09 Å². The zero-order chi connectivity index (χ0) is 22.3. The predicted octanol–water partition coefficient (Wildman–Crippen LogP) is 5.15. The average Bonchev–Trinajstić information content (AvgIpc) is 2.61. The first kappa shape index (κ1) is 22.0. The largest absolute Gasteiger partial charge is 0.444 e. The van der Waals surface area contributed by atoms with Crippen molar-refractivity contribution in [2.75, 3.05) is 11.9 Å². The van der Waals surface area contributed by atoms with Gasteiger partial charge in [-0.1, -0.05) is 31.5 Å². The normalized spacial score (nSPS) is 15.4. The van der Waals surface area contributed by atoms with Crippen molar-refractivity contribution >= 4 is 29.3 Å². The molecule has 1 aliphatic rings. The summed E-state index contributed by atoms with van der Waals surface area (Å²) in [7, 11) is 0. The minimum atomic E-state index is -0.648. The van der Waals surface area contributed by atoms with E-state index in [1.165, 1.54) is 0 Å². The molecule has 1 N–H and O–H groups in total. The van der Waals surface area contributed by atoms with Crippen molar-refractivity contribution in [3.63, 3.8) is 0 Å². The Morgan fingerprint density at radius 2 is 1.97 bits per heavy atom. The van der Waals surface area contributed by atoms with Gasteiger partial charge < -0.3 is 15.0 Å². The number of anilines is 1. The number of pyridine rings is 1. The highest BCUT2D eigenvalue weighted by Gasteiger charge is 2.35.